The van der Waals surface area contributed by atoms with Crippen LogP contribution in [0.25, 0.3) is 6.08 Å². The lowest BCUT2D eigenvalue weighted by molar-refractivity contribution is -0.118. The molecule has 1 aliphatic rings. The molecule has 2 N–H and O–H groups in total. The number of rotatable bonds is 8. The molecule has 0 aromatic heterocycles. The highest BCUT2D eigenvalue weighted by Gasteiger charge is 2.21. The van der Waals surface area contributed by atoms with Crippen molar-refractivity contribution in [2.45, 2.75) is 19.3 Å². The molecule has 30 heavy (non-hydrogen) atoms. The van der Waals surface area contributed by atoms with Gasteiger partial charge in [0.2, 0.25) is 17.7 Å². The zero-order chi connectivity index (χ0) is 21.3. The average Bonchev–Trinajstić information content (AvgIpc) is 3.19. The Bertz CT molecular complexity index is 920. The van der Waals surface area contributed by atoms with Gasteiger partial charge >= 0.3 is 0 Å². The molecule has 1 saturated heterocycles. The summed E-state index contributed by atoms with van der Waals surface area (Å²) < 4.78 is 5.09. The van der Waals surface area contributed by atoms with Crippen LogP contribution in [0.5, 0.6) is 5.75 Å². The summed E-state index contributed by atoms with van der Waals surface area (Å²) in [6.07, 6.45) is 4.74. The largest absolute Gasteiger partial charge is 0.497 e. The van der Waals surface area contributed by atoms with E-state index in [4.69, 9.17) is 4.74 Å². The number of nitrogens with zero attached hydrogens (tertiary/aromatic N) is 1. The standard InChI is InChI=1S/C23H25N3O4/c1-30-20-11-4-17(5-12-20)6-13-21(27)24-15-14-22(28)25-18-7-9-19(10-8-18)26-16-2-3-23(26)29/h4-13H,2-3,14-16H2,1H3,(H,24,27)(H,25,28)/b13-6+. The van der Waals surface area contributed by atoms with Crippen molar-refractivity contribution >= 4 is 35.2 Å². The van der Waals surface area contributed by atoms with Crippen LogP contribution >= 0.6 is 0 Å². The number of carbonyl (C=O) groups excluding carboxylic acids is 3. The quantitative estimate of drug-likeness (QED) is 0.659. The number of amides is 3. The second-order valence-electron chi connectivity index (χ2n) is 6.89. The first-order valence-electron chi connectivity index (χ1n) is 9.85. The Morgan fingerprint density at radius 3 is 2.47 bits per heavy atom. The lowest BCUT2D eigenvalue weighted by Gasteiger charge is -2.16. The molecule has 7 heteroatoms. The maximum absolute atomic E-state index is 12.1. The van der Waals surface area contributed by atoms with Gasteiger partial charge in [0.1, 0.15) is 5.75 Å². The molecule has 1 fully saturated rings. The highest BCUT2D eigenvalue weighted by Crippen LogP contribution is 2.23. The molecule has 156 valence electrons. The SMILES string of the molecule is COc1ccc(/C=C/C(=O)NCCC(=O)Nc2ccc(N3CCCC3=O)cc2)cc1. The highest BCUT2D eigenvalue weighted by atomic mass is 16.5. The van der Waals surface area contributed by atoms with E-state index in [-0.39, 0.29) is 30.7 Å². The van der Waals surface area contributed by atoms with Gasteiger partial charge in [-0.15, -0.1) is 0 Å². The van der Waals surface area contributed by atoms with Crippen molar-refractivity contribution in [3.8, 4) is 5.75 Å². The predicted molar refractivity (Wildman–Crippen MR) is 116 cm³/mol. The molecule has 0 atom stereocenters. The molecule has 1 heterocycles. The molecule has 7 nitrogen and oxygen atoms in total. The van der Waals surface area contributed by atoms with E-state index < -0.39 is 0 Å². The molecule has 0 bridgehead atoms. The number of methoxy groups -OCH3 is 1. The average molecular weight is 407 g/mol. The van der Waals surface area contributed by atoms with E-state index in [1.807, 2.05) is 36.4 Å². The van der Waals surface area contributed by atoms with Crippen LogP contribution in [-0.2, 0) is 14.4 Å². The van der Waals surface area contributed by atoms with Crippen LogP contribution in [0.15, 0.2) is 54.6 Å². The minimum Gasteiger partial charge on any atom is -0.497 e. The minimum absolute atomic E-state index is 0.128. The predicted octanol–water partition coefficient (Wildman–Crippen LogP) is 2.98. The van der Waals surface area contributed by atoms with E-state index in [9.17, 15) is 14.4 Å². The molecule has 0 saturated carbocycles. The van der Waals surface area contributed by atoms with Crippen LogP contribution in [0.1, 0.15) is 24.8 Å². The molecule has 0 unspecified atom stereocenters. The number of benzene rings is 2. The van der Waals surface area contributed by atoms with Crippen molar-refractivity contribution in [3.63, 3.8) is 0 Å². The van der Waals surface area contributed by atoms with E-state index in [1.165, 1.54) is 6.08 Å². The number of carbonyl (C=O) groups is 3. The summed E-state index contributed by atoms with van der Waals surface area (Å²) in [7, 11) is 1.60. The van der Waals surface area contributed by atoms with E-state index in [0.717, 1.165) is 30.0 Å². The second kappa shape index (κ2) is 10.2. The molecule has 0 aliphatic carbocycles. The Morgan fingerprint density at radius 1 is 1.10 bits per heavy atom. The molecule has 0 radical (unpaired) electrons. The number of ether oxygens (including phenoxy) is 1. The Kier molecular flexibility index (Phi) is 7.21. The fourth-order valence-corrected chi connectivity index (χ4v) is 3.11. The van der Waals surface area contributed by atoms with Gasteiger partial charge in [0.25, 0.3) is 0 Å². The molecular formula is C23H25N3O4. The van der Waals surface area contributed by atoms with Gasteiger partial charge in [0.05, 0.1) is 7.11 Å². The third-order valence-corrected chi connectivity index (χ3v) is 4.73. The Labute approximate surface area is 175 Å². The summed E-state index contributed by atoms with van der Waals surface area (Å²) in [5, 5.41) is 5.48. The van der Waals surface area contributed by atoms with Crippen LogP contribution < -0.4 is 20.3 Å². The van der Waals surface area contributed by atoms with Gasteiger partial charge in [-0.2, -0.15) is 0 Å². The number of anilines is 2. The van der Waals surface area contributed by atoms with Crippen molar-refractivity contribution in [2.24, 2.45) is 0 Å². The molecule has 2 aromatic rings. The van der Waals surface area contributed by atoms with E-state index in [2.05, 4.69) is 10.6 Å². The Hall–Kier alpha value is -3.61. The van der Waals surface area contributed by atoms with Crippen molar-refractivity contribution in [3.05, 3.63) is 60.2 Å². The molecule has 1 aliphatic heterocycles. The molecule has 2 aromatic carbocycles. The van der Waals surface area contributed by atoms with Gasteiger partial charge in [-0.05, 0) is 54.5 Å². The number of nitrogens with one attached hydrogen (secondary N) is 2. The fourth-order valence-electron chi connectivity index (χ4n) is 3.11. The van der Waals surface area contributed by atoms with Gasteiger partial charge in [-0.1, -0.05) is 12.1 Å². The van der Waals surface area contributed by atoms with Crippen LogP contribution in [0.2, 0.25) is 0 Å². The van der Waals surface area contributed by atoms with Crippen molar-refractivity contribution in [1.29, 1.82) is 0 Å². The lowest BCUT2D eigenvalue weighted by atomic mass is 10.2. The maximum Gasteiger partial charge on any atom is 0.244 e. The monoisotopic (exact) mass is 407 g/mol. The van der Waals surface area contributed by atoms with Crippen molar-refractivity contribution < 1.29 is 19.1 Å². The van der Waals surface area contributed by atoms with Crippen molar-refractivity contribution in [2.75, 3.05) is 30.4 Å². The molecule has 0 spiro atoms. The number of hydrogen-bond acceptors (Lipinski definition) is 4. The first-order chi connectivity index (χ1) is 14.5. The maximum atomic E-state index is 12.1. The molecule has 3 rings (SSSR count). The second-order valence-corrected chi connectivity index (χ2v) is 6.89. The van der Waals surface area contributed by atoms with Crippen LogP contribution in [0.3, 0.4) is 0 Å². The van der Waals surface area contributed by atoms with Gasteiger partial charge in [-0.25, -0.2) is 0 Å². The van der Waals surface area contributed by atoms with E-state index >= 15 is 0 Å². The first-order valence-corrected chi connectivity index (χ1v) is 9.85. The van der Waals surface area contributed by atoms with Crippen LogP contribution in [0, 0.1) is 0 Å². The fraction of sp³-hybridized carbons (Fsp3) is 0.261. The highest BCUT2D eigenvalue weighted by molar-refractivity contribution is 5.96. The zero-order valence-electron chi connectivity index (χ0n) is 16.9. The van der Waals surface area contributed by atoms with Crippen LogP contribution in [-0.4, -0.2) is 37.9 Å². The summed E-state index contributed by atoms with van der Waals surface area (Å²) in [6, 6.07) is 14.5. The Balaban J connectivity index is 1.39. The lowest BCUT2D eigenvalue weighted by Crippen LogP contribution is -2.26. The third kappa shape index (κ3) is 5.94. The van der Waals surface area contributed by atoms with Crippen molar-refractivity contribution in [1.82, 2.24) is 5.32 Å². The van der Waals surface area contributed by atoms with Crippen LogP contribution in [0.4, 0.5) is 11.4 Å². The zero-order valence-corrected chi connectivity index (χ0v) is 16.9. The third-order valence-electron chi connectivity index (χ3n) is 4.73. The normalized spacial score (nSPS) is 13.5. The minimum atomic E-state index is -0.266. The molecule has 3 amide bonds. The summed E-state index contributed by atoms with van der Waals surface area (Å²) in [5.74, 6) is 0.419. The summed E-state index contributed by atoms with van der Waals surface area (Å²) in [5.41, 5.74) is 2.37. The summed E-state index contributed by atoms with van der Waals surface area (Å²) >= 11 is 0. The van der Waals surface area contributed by atoms with Gasteiger partial charge in [-0.3, -0.25) is 14.4 Å². The van der Waals surface area contributed by atoms with E-state index in [1.54, 1.807) is 30.2 Å². The van der Waals surface area contributed by atoms with Gasteiger partial charge < -0.3 is 20.3 Å². The Morgan fingerprint density at radius 2 is 1.83 bits per heavy atom. The van der Waals surface area contributed by atoms with Gasteiger partial charge in [0.15, 0.2) is 0 Å². The summed E-state index contributed by atoms with van der Waals surface area (Å²) in [4.78, 5) is 37.5. The topological polar surface area (TPSA) is 87.7 Å². The number of hydrogen-bond donors (Lipinski definition) is 2. The van der Waals surface area contributed by atoms with E-state index in [0.29, 0.717) is 12.1 Å². The van der Waals surface area contributed by atoms with Gasteiger partial charge in [0, 0.05) is 43.4 Å². The first kappa shape index (κ1) is 21.1. The molecular weight excluding hydrogens is 382 g/mol. The summed E-state index contributed by atoms with van der Waals surface area (Å²) in [6.45, 7) is 0.967. The smallest absolute Gasteiger partial charge is 0.244 e.